The number of nitrogens with two attached hydrogens (primary N) is 1. The molecular weight excluding hydrogens is 308 g/mol. The number of aryl methyl sites for hydroxylation is 1. The van der Waals surface area contributed by atoms with Gasteiger partial charge in [0.05, 0.1) is 5.56 Å². The van der Waals surface area contributed by atoms with Gasteiger partial charge in [-0.2, -0.15) is 0 Å². The summed E-state index contributed by atoms with van der Waals surface area (Å²) in [6, 6.07) is 0.729. The number of alkyl halides is 1. The van der Waals surface area contributed by atoms with Gasteiger partial charge >= 0.3 is 5.97 Å². The number of carbonyl (C=O) groups excluding carboxylic acids is 1. The van der Waals surface area contributed by atoms with Gasteiger partial charge in [0.1, 0.15) is 12.2 Å². The number of halogens is 1. The molecule has 1 amide bonds. The van der Waals surface area contributed by atoms with E-state index >= 15 is 0 Å². The van der Waals surface area contributed by atoms with Crippen molar-refractivity contribution in [2.75, 3.05) is 12.9 Å². The summed E-state index contributed by atoms with van der Waals surface area (Å²) in [5.41, 5.74) is 5.85. The second kappa shape index (κ2) is 14.2. The molecule has 22 heavy (non-hydrogen) atoms. The number of hydrogen-bond acceptors (Lipinski definition) is 4. The summed E-state index contributed by atoms with van der Waals surface area (Å²) in [6.45, 7) is 6.78. The van der Waals surface area contributed by atoms with E-state index in [2.05, 4.69) is 22.0 Å². The number of hydrogen-bond donors (Lipinski definition) is 3. The van der Waals surface area contributed by atoms with Crippen molar-refractivity contribution in [3.8, 4) is 0 Å². The predicted molar refractivity (Wildman–Crippen MR) is 85.8 cm³/mol. The number of carboxylic acids is 1. The summed E-state index contributed by atoms with van der Waals surface area (Å²) in [7, 11) is 0. The zero-order valence-corrected chi connectivity index (χ0v) is 14.3. The van der Waals surface area contributed by atoms with Gasteiger partial charge in [0.15, 0.2) is 12.7 Å². The molecule has 1 atom stereocenters. The lowest BCUT2D eigenvalue weighted by molar-refractivity contribution is -0.754. The second-order valence-electron chi connectivity index (χ2n) is 3.77. The Kier molecular flexibility index (Phi) is 14.6. The molecule has 0 saturated heterocycles. The smallest absolute Gasteiger partial charge is 0.320 e. The summed E-state index contributed by atoms with van der Waals surface area (Å²) >= 11 is 4.64. The highest BCUT2D eigenvalue weighted by Gasteiger charge is 2.15. The summed E-state index contributed by atoms with van der Waals surface area (Å²) in [6.07, 6.45) is 4.82. The van der Waals surface area contributed by atoms with Crippen LogP contribution in [0.4, 0.5) is 0 Å². The molecule has 8 heteroatoms. The fourth-order valence-corrected chi connectivity index (χ4v) is 1.31. The van der Waals surface area contributed by atoms with Gasteiger partial charge in [-0.3, -0.25) is 9.59 Å². The van der Waals surface area contributed by atoms with Crippen molar-refractivity contribution in [1.29, 1.82) is 0 Å². The Balaban J connectivity index is 0. The summed E-state index contributed by atoms with van der Waals surface area (Å²) in [5, 5.41) is 15.3. The Labute approximate surface area is 136 Å². The van der Waals surface area contributed by atoms with Crippen LogP contribution in [0.2, 0.25) is 0 Å². The molecule has 126 valence electrons. The van der Waals surface area contributed by atoms with E-state index in [4.69, 9.17) is 10.8 Å². The Morgan fingerprint density at radius 2 is 2.05 bits per heavy atom. The third kappa shape index (κ3) is 9.25. The highest BCUT2D eigenvalue weighted by Crippen LogP contribution is 1.93. The van der Waals surface area contributed by atoms with Gasteiger partial charge in [0, 0.05) is 25.4 Å². The molecular formula is C14H26ClN4O3+. The van der Waals surface area contributed by atoms with Crippen LogP contribution in [0.15, 0.2) is 18.5 Å². The number of carboxylic acid groups (broad SMARTS) is 1. The van der Waals surface area contributed by atoms with E-state index in [1.807, 2.05) is 20.8 Å². The van der Waals surface area contributed by atoms with E-state index in [-0.39, 0.29) is 12.3 Å². The number of aliphatic carboxylic acids is 1. The fraction of sp³-hybridized carbons (Fsp3) is 0.571. The first-order chi connectivity index (χ1) is 10.5. The molecule has 0 spiro atoms. The third-order valence-corrected chi connectivity index (χ3v) is 2.36. The lowest BCUT2D eigenvalue weighted by Crippen LogP contribution is -2.42. The summed E-state index contributed by atoms with van der Waals surface area (Å²) in [5.74, 6) is -1.21. The highest BCUT2D eigenvalue weighted by molar-refractivity contribution is 6.15. The third-order valence-electron chi connectivity index (χ3n) is 2.36. The predicted octanol–water partition coefficient (Wildman–Crippen LogP) is 0.802. The molecule has 0 aromatic carbocycles. The Morgan fingerprint density at radius 3 is 2.45 bits per heavy atom. The molecule has 0 fully saturated rings. The van der Waals surface area contributed by atoms with Crippen LogP contribution in [0.1, 0.15) is 37.6 Å². The van der Waals surface area contributed by atoms with Gasteiger partial charge in [0.2, 0.25) is 0 Å². The largest absolute Gasteiger partial charge is 0.480 e. The minimum atomic E-state index is -1.03. The van der Waals surface area contributed by atoms with E-state index in [0.717, 1.165) is 0 Å². The molecule has 0 radical (unpaired) electrons. The van der Waals surface area contributed by atoms with Crippen LogP contribution in [-0.4, -0.2) is 41.1 Å². The molecule has 0 bridgehead atoms. The van der Waals surface area contributed by atoms with Crippen molar-refractivity contribution >= 4 is 23.5 Å². The van der Waals surface area contributed by atoms with Crippen molar-refractivity contribution < 1.29 is 19.4 Å². The van der Waals surface area contributed by atoms with Crippen LogP contribution in [0.3, 0.4) is 0 Å². The minimum absolute atomic E-state index is 0.181. The standard InChI is InChI=1S/C11H16N4O3.C2H6.CH3Cl/c1-2-13-10(16)8-3-5-15(14-7-8)6-4-9(12)11(17)18;2*1-2/h3,5,7,9H,2,4,6,12H2,1H3,(H-,13,16,17,18);1-2H3;1H3/p+1. The topological polar surface area (TPSA) is 109 Å². The summed E-state index contributed by atoms with van der Waals surface area (Å²) < 4.78 is 1.55. The Bertz CT molecular complexity index is 427. The van der Waals surface area contributed by atoms with E-state index in [1.54, 1.807) is 16.9 Å². The number of nitrogens with one attached hydrogen (secondary N) is 1. The van der Waals surface area contributed by atoms with Crippen molar-refractivity contribution in [2.45, 2.75) is 39.8 Å². The van der Waals surface area contributed by atoms with Crippen LogP contribution in [0.5, 0.6) is 0 Å². The normalized spacial score (nSPS) is 10.3. The molecule has 1 aromatic heterocycles. The zero-order chi connectivity index (χ0) is 17.5. The van der Waals surface area contributed by atoms with Crippen LogP contribution in [0.25, 0.3) is 0 Å². The fourth-order valence-electron chi connectivity index (χ4n) is 1.31. The van der Waals surface area contributed by atoms with Gasteiger partial charge < -0.3 is 16.2 Å². The molecule has 4 N–H and O–H groups in total. The molecule has 7 nitrogen and oxygen atoms in total. The number of carbonyl (C=O) groups is 2. The first-order valence-corrected chi connectivity index (χ1v) is 7.80. The number of amides is 1. The monoisotopic (exact) mass is 333 g/mol. The average molecular weight is 334 g/mol. The average Bonchev–Trinajstić information content (AvgIpc) is 2.57. The van der Waals surface area contributed by atoms with Crippen LogP contribution in [-0.2, 0) is 11.3 Å². The van der Waals surface area contributed by atoms with Crippen molar-refractivity contribution in [1.82, 2.24) is 10.4 Å². The molecule has 1 heterocycles. The SMILES string of the molecule is CC.CCNC(=O)c1cc[n+](CCC(N)C(=O)O)nc1.CCl. The van der Waals surface area contributed by atoms with E-state index in [1.165, 1.54) is 12.6 Å². The molecule has 1 rings (SSSR count). The minimum Gasteiger partial charge on any atom is -0.480 e. The lowest BCUT2D eigenvalue weighted by atomic mass is 10.2. The zero-order valence-electron chi connectivity index (χ0n) is 13.5. The quantitative estimate of drug-likeness (QED) is 0.527. The van der Waals surface area contributed by atoms with Crippen molar-refractivity contribution in [3.05, 3.63) is 24.0 Å². The van der Waals surface area contributed by atoms with Gasteiger partial charge in [-0.1, -0.05) is 18.5 Å². The molecule has 0 aliphatic rings. The van der Waals surface area contributed by atoms with Gasteiger partial charge in [-0.05, 0) is 12.0 Å². The first-order valence-electron chi connectivity index (χ1n) is 7.04. The maximum absolute atomic E-state index is 11.5. The maximum Gasteiger partial charge on any atom is 0.320 e. The lowest BCUT2D eigenvalue weighted by Gasteiger charge is -2.02. The molecule has 0 aliphatic carbocycles. The van der Waals surface area contributed by atoms with E-state index < -0.39 is 12.0 Å². The van der Waals surface area contributed by atoms with Crippen molar-refractivity contribution in [3.63, 3.8) is 0 Å². The van der Waals surface area contributed by atoms with Gasteiger partial charge in [-0.15, -0.1) is 11.6 Å². The second-order valence-corrected chi connectivity index (χ2v) is 3.77. The molecule has 0 saturated carbocycles. The molecule has 1 unspecified atom stereocenters. The number of rotatable bonds is 6. The Morgan fingerprint density at radius 1 is 1.45 bits per heavy atom. The van der Waals surface area contributed by atoms with Crippen LogP contribution in [0, 0.1) is 0 Å². The molecule has 0 aliphatic heterocycles. The number of aromatic nitrogens is 2. The van der Waals surface area contributed by atoms with Crippen LogP contribution < -0.4 is 15.7 Å². The summed E-state index contributed by atoms with van der Waals surface area (Å²) in [4.78, 5) is 22.0. The van der Waals surface area contributed by atoms with Gasteiger partial charge in [0.25, 0.3) is 5.91 Å². The maximum atomic E-state index is 11.5. The molecule has 1 aromatic rings. The van der Waals surface area contributed by atoms with Crippen LogP contribution >= 0.6 is 11.6 Å². The first kappa shape index (κ1) is 22.5. The van der Waals surface area contributed by atoms with E-state index in [9.17, 15) is 9.59 Å². The number of nitrogens with zero attached hydrogens (tertiary/aromatic N) is 2. The van der Waals surface area contributed by atoms with Gasteiger partial charge in [-0.25, -0.2) is 0 Å². The van der Waals surface area contributed by atoms with E-state index in [0.29, 0.717) is 18.7 Å². The Hall–Kier alpha value is -1.73. The highest BCUT2D eigenvalue weighted by atomic mass is 35.5. The van der Waals surface area contributed by atoms with Crippen molar-refractivity contribution in [2.24, 2.45) is 5.73 Å².